The van der Waals surface area contributed by atoms with Crippen LogP contribution in [0.5, 0.6) is 0 Å². The molecule has 0 aliphatic carbocycles. The number of aryl methyl sites for hydroxylation is 1. The van der Waals surface area contributed by atoms with E-state index in [9.17, 15) is 4.79 Å². The van der Waals surface area contributed by atoms with Crippen LogP contribution in [-0.4, -0.2) is 40.5 Å². The van der Waals surface area contributed by atoms with Crippen LogP contribution in [0.15, 0.2) is 29.6 Å². The predicted molar refractivity (Wildman–Crippen MR) is 94.8 cm³/mol. The highest BCUT2D eigenvalue weighted by Gasteiger charge is 2.15. The van der Waals surface area contributed by atoms with E-state index < -0.39 is 0 Å². The highest BCUT2D eigenvalue weighted by Crippen LogP contribution is 2.25. The normalized spacial score (nSPS) is 15.4. The summed E-state index contributed by atoms with van der Waals surface area (Å²) in [5.41, 5.74) is 2.96. The van der Waals surface area contributed by atoms with Gasteiger partial charge < -0.3 is 10.2 Å². The molecule has 6 heteroatoms. The van der Waals surface area contributed by atoms with Gasteiger partial charge >= 0.3 is 6.03 Å². The Hall–Kier alpha value is -1.53. The molecule has 1 N–H and O–H groups in total. The van der Waals surface area contributed by atoms with Gasteiger partial charge in [-0.3, -0.25) is 0 Å². The minimum Gasteiger partial charge on any atom is -0.324 e. The number of nitrogens with zero attached hydrogens (tertiary/aromatic N) is 2. The number of hydrogen-bond acceptors (Lipinski definition) is 4. The second-order valence-corrected chi connectivity index (χ2v) is 7.34. The Balaban J connectivity index is 1.64. The van der Waals surface area contributed by atoms with Crippen molar-refractivity contribution in [2.45, 2.75) is 13.3 Å². The molecule has 2 heterocycles. The molecule has 116 valence electrons. The SMILES string of the molecule is Cc1csc(-c2ccc(NC(=O)N3CCCSCC3)cc2)n1. The van der Waals surface area contributed by atoms with E-state index >= 15 is 0 Å². The van der Waals surface area contributed by atoms with Crippen molar-refractivity contribution in [3.8, 4) is 10.6 Å². The van der Waals surface area contributed by atoms with Gasteiger partial charge in [-0.05, 0) is 43.4 Å². The van der Waals surface area contributed by atoms with E-state index in [-0.39, 0.29) is 6.03 Å². The molecule has 0 saturated carbocycles. The molecule has 1 aliphatic heterocycles. The van der Waals surface area contributed by atoms with Gasteiger partial charge in [0.25, 0.3) is 0 Å². The van der Waals surface area contributed by atoms with E-state index in [4.69, 9.17) is 0 Å². The molecule has 3 rings (SSSR count). The Bertz CT molecular complexity index is 631. The van der Waals surface area contributed by atoms with Crippen LogP contribution in [-0.2, 0) is 0 Å². The highest BCUT2D eigenvalue weighted by molar-refractivity contribution is 7.99. The van der Waals surface area contributed by atoms with Crippen molar-refractivity contribution in [3.63, 3.8) is 0 Å². The van der Waals surface area contributed by atoms with Gasteiger partial charge in [0.05, 0.1) is 0 Å². The quantitative estimate of drug-likeness (QED) is 0.900. The van der Waals surface area contributed by atoms with E-state index in [1.807, 2.05) is 53.2 Å². The maximum Gasteiger partial charge on any atom is 0.321 e. The summed E-state index contributed by atoms with van der Waals surface area (Å²) in [4.78, 5) is 18.7. The Morgan fingerprint density at radius 3 is 2.77 bits per heavy atom. The van der Waals surface area contributed by atoms with Gasteiger partial charge in [0.2, 0.25) is 0 Å². The minimum absolute atomic E-state index is 0.000318. The number of benzene rings is 1. The van der Waals surface area contributed by atoms with Gasteiger partial charge in [-0.25, -0.2) is 9.78 Å². The summed E-state index contributed by atoms with van der Waals surface area (Å²) >= 11 is 3.56. The van der Waals surface area contributed by atoms with Crippen molar-refractivity contribution in [3.05, 3.63) is 35.3 Å². The number of thiazole rings is 1. The van der Waals surface area contributed by atoms with Gasteiger partial charge in [-0.1, -0.05) is 0 Å². The van der Waals surface area contributed by atoms with Crippen molar-refractivity contribution >= 4 is 34.8 Å². The van der Waals surface area contributed by atoms with E-state index in [1.54, 1.807) is 11.3 Å². The second-order valence-electron chi connectivity index (χ2n) is 5.25. The Kier molecular flexibility index (Phi) is 5.00. The first-order chi connectivity index (χ1) is 10.7. The molecule has 1 saturated heterocycles. The number of thioether (sulfide) groups is 1. The molecule has 4 nitrogen and oxygen atoms in total. The topological polar surface area (TPSA) is 45.2 Å². The monoisotopic (exact) mass is 333 g/mol. The van der Waals surface area contributed by atoms with E-state index in [1.165, 1.54) is 0 Å². The molecule has 1 fully saturated rings. The Morgan fingerprint density at radius 2 is 2.05 bits per heavy atom. The van der Waals surface area contributed by atoms with E-state index in [0.717, 1.165) is 53.0 Å². The third kappa shape index (κ3) is 3.81. The van der Waals surface area contributed by atoms with Crippen LogP contribution in [0.1, 0.15) is 12.1 Å². The largest absolute Gasteiger partial charge is 0.324 e. The number of hydrogen-bond donors (Lipinski definition) is 1. The number of anilines is 1. The third-order valence-corrected chi connectivity index (χ3v) is 5.57. The summed E-state index contributed by atoms with van der Waals surface area (Å²) < 4.78 is 0. The van der Waals surface area contributed by atoms with Crippen molar-refractivity contribution in [2.24, 2.45) is 0 Å². The van der Waals surface area contributed by atoms with Gasteiger partial charge in [-0.2, -0.15) is 11.8 Å². The third-order valence-electron chi connectivity index (χ3n) is 3.51. The fourth-order valence-electron chi connectivity index (χ4n) is 2.33. The maximum absolute atomic E-state index is 12.3. The number of carbonyl (C=O) groups is 1. The van der Waals surface area contributed by atoms with Gasteiger partial charge in [0, 0.05) is 41.2 Å². The van der Waals surface area contributed by atoms with Crippen LogP contribution >= 0.6 is 23.1 Å². The number of amides is 2. The summed E-state index contributed by atoms with van der Waals surface area (Å²) in [6.45, 7) is 3.66. The molecule has 0 unspecified atom stereocenters. The van der Waals surface area contributed by atoms with Crippen LogP contribution in [0.3, 0.4) is 0 Å². The van der Waals surface area contributed by atoms with Crippen LogP contribution < -0.4 is 5.32 Å². The lowest BCUT2D eigenvalue weighted by Crippen LogP contribution is -2.36. The summed E-state index contributed by atoms with van der Waals surface area (Å²) in [5.74, 6) is 2.17. The zero-order valence-corrected chi connectivity index (χ0v) is 14.2. The smallest absolute Gasteiger partial charge is 0.321 e. The molecule has 1 aliphatic rings. The average molecular weight is 333 g/mol. The lowest BCUT2D eigenvalue weighted by atomic mass is 10.2. The zero-order valence-electron chi connectivity index (χ0n) is 12.5. The van der Waals surface area contributed by atoms with Crippen molar-refractivity contribution in [2.75, 3.05) is 29.9 Å². The van der Waals surface area contributed by atoms with Crippen LogP contribution in [0.4, 0.5) is 10.5 Å². The average Bonchev–Trinajstić information content (AvgIpc) is 2.79. The summed E-state index contributed by atoms with van der Waals surface area (Å²) in [7, 11) is 0. The molecule has 0 bridgehead atoms. The maximum atomic E-state index is 12.3. The summed E-state index contributed by atoms with van der Waals surface area (Å²) in [5, 5.41) is 6.04. The van der Waals surface area contributed by atoms with Gasteiger partial charge in [0.15, 0.2) is 0 Å². The number of aromatic nitrogens is 1. The van der Waals surface area contributed by atoms with Crippen LogP contribution in [0.2, 0.25) is 0 Å². The highest BCUT2D eigenvalue weighted by atomic mass is 32.2. The second kappa shape index (κ2) is 7.15. The number of nitrogens with one attached hydrogen (secondary N) is 1. The Labute approximate surface area is 138 Å². The molecule has 22 heavy (non-hydrogen) atoms. The fourth-order valence-corrected chi connectivity index (χ4v) is 4.02. The summed E-state index contributed by atoms with van der Waals surface area (Å²) in [6.07, 6.45) is 1.07. The van der Waals surface area contributed by atoms with Crippen LogP contribution in [0, 0.1) is 6.92 Å². The van der Waals surface area contributed by atoms with Crippen molar-refractivity contribution < 1.29 is 4.79 Å². The molecule has 0 radical (unpaired) electrons. The van der Waals surface area contributed by atoms with Gasteiger partial charge in [-0.15, -0.1) is 11.3 Å². The number of urea groups is 1. The molecular formula is C16H19N3OS2. The lowest BCUT2D eigenvalue weighted by Gasteiger charge is -2.20. The van der Waals surface area contributed by atoms with Crippen molar-refractivity contribution in [1.82, 2.24) is 9.88 Å². The molecule has 1 aromatic carbocycles. The number of rotatable bonds is 2. The predicted octanol–water partition coefficient (Wildman–Crippen LogP) is 4.09. The van der Waals surface area contributed by atoms with Crippen LogP contribution in [0.25, 0.3) is 10.6 Å². The molecule has 1 aromatic heterocycles. The van der Waals surface area contributed by atoms with Crippen molar-refractivity contribution in [1.29, 1.82) is 0 Å². The first kappa shape index (κ1) is 15.4. The molecule has 0 spiro atoms. The lowest BCUT2D eigenvalue weighted by molar-refractivity contribution is 0.216. The van der Waals surface area contributed by atoms with E-state index in [0.29, 0.717) is 0 Å². The molecular weight excluding hydrogens is 314 g/mol. The fraction of sp³-hybridized carbons (Fsp3) is 0.375. The first-order valence-electron chi connectivity index (χ1n) is 7.38. The van der Waals surface area contributed by atoms with E-state index in [2.05, 4.69) is 10.3 Å². The van der Waals surface area contributed by atoms with Gasteiger partial charge in [0.1, 0.15) is 5.01 Å². The molecule has 2 amide bonds. The number of carbonyl (C=O) groups excluding carboxylic acids is 1. The Morgan fingerprint density at radius 1 is 1.23 bits per heavy atom. The molecule has 2 aromatic rings. The standard InChI is InChI=1S/C16H19N3OS2/c1-12-11-22-15(17-12)13-3-5-14(6-4-13)18-16(20)19-7-2-9-21-10-8-19/h3-6,11H,2,7-10H2,1H3,(H,18,20). The zero-order chi connectivity index (χ0) is 15.4. The first-order valence-corrected chi connectivity index (χ1v) is 9.42. The molecule has 0 atom stereocenters. The summed E-state index contributed by atoms with van der Waals surface area (Å²) in [6, 6.07) is 7.89. The minimum atomic E-state index is 0.000318.